The van der Waals surface area contributed by atoms with Gasteiger partial charge in [0.25, 0.3) is 0 Å². The van der Waals surface area contributed by atoms with E-state index in [4.69, 9.17) is 15.0 Å². The number of benzene rings is 4. The van der Waals surface area contributed by atoms with Crippen LogP contribution in [0.5, 0.6) is 5.75 Å². The summed E-state index contributed by atoms with van der Waals surface area (Å²) in [6, 6.07) is 32.8. The lowest BCUT2D eigenvalue weighted by molar-refractivity contribution is 0.477. The van der Waals surface area contributed by atoms with Crippen molar-refractivity contribution in [3.05, 3.63) is 127 Å². The third kappa shape index (κ3) is 4.73. The zero-order valence-corrected chi connectivity index (χ0v) is 24.7. The summed E-state index contributed by atoms with van der Waals surface area (Å²) in [5.74, 6) is 1.00. The summed E-state index contributed by atoms with van der Waals surface area (Å²) in [6.07, 6.45) is 5.60. The number of para-hydroxylation sites is 2. The zero-order chi connectivity index (χ0) is 29.7. The van der Waals surface area contributed by atoms with Crippen LogP contribution in [0.1, 0.15) is 31.9 Å². The molecule has 0 saturated carbocycles. The maximum atomic E-state index is 10.8. The summed E-state index contributed by atoms with van der Waals surface area (Å²) in [7, 11) is 0. The topological polar surface area (TPSA) is 63.8 Å². The molecule has 5 heteroatoms. The number of imidazole rings is 1. The fraction of sp³-hybridized carbons (Fsp3) is 0.132. The van der Waals surface area contributed by atoms with Gasteiger partial charge in [0.05, 0.1) is 16.6 Å². The first-order valence-corrected chi connectivity index (χ1v) is 14.5. The van der Waals surface area contributed by atoms with E-state index >= 15 is 0 Å². The van der Waals surface area contributed by atoms with Crippen LogP contribution < -0.4 is 0 Å². The molecule has 7 rings (SSSR count). The second kappa shape index (κ2) is 10.2. The molecule has 4 aromatic carbocycles. The molecule has 0 bridgehead atoms. The van der Waals surface area contributed by atoms with Crippen molar-refractivity contribution in [1.82, 2.24) is 19.5 Å². The minimum atomic E-state index is 0.0409. The van der Waals surface area contributed by atoms with Crippen molar-refractivity contribution in [2.45, 2.75) is 33.1 Å². The van der Waals surface area contributed by atoms with Crippen LogP contribution in [0.15, 0.2) is 116 Å². The molecule has 7 aromatic rings. The third-order valence-corrected chi connectivity index (χ3v) is 8.03. The van der Waals surface area contributed by atoms with Gasteiger partial charge in [-0.15, -0.1) is 0 Å². The summed E-state index contributed by atoms with van der Waals surface area (Å²) < 4.78 is 2.19. The monoisotopic (exact) mass is 560 g/mol. The average molecular weight is 561 g/mol. The van der Waals surface area contributed by atoms with Gasteiger partial charge < -0.3 is 5.11 Å². The van der Waals surface area contributed by atoms with Gasteiger partial charge in [-0.3, -0.25) is 14.5 Å². The van der Waals surface area contributed by atoms with Gasteiger partial charge in [0.1, 0.15) is 11.6 Å². The predicted octanol–water partition coefficient (Wildman–Crippen LogP) is 9.28. The van der Waals surface area contributed by atoms with Crippen molar-refractivity contribution in [2.24, 2.45) is 0 Å². The molecule has 1 N–H and O–H groups in total. The fourth-order valence-electron chi connectivity index (χ4n) is 5.86. The number of phenolic OH excluding ortho intramolecular Hbond substituents is 1. The number of pyridine rings is 2. The SMILES string of the molecule is Cc1cc(-c2cncc(-c3nc4c(-c5ccccc5O)cccc4n3-c3ccc(C(C)(C)C)cc3)c2)c2ncccc2c1. The van der Waals surface area contributed by atoms with Crippen LogP contribution in [0.3, 0.4) is 0 Å². The maximum Gasteiger partial charge on any atom is 0.147 e. The van der Waals surface area contributed by atoms with Gasteiger partial charge in [-0.1, -0.05) is 69.3 Å². The summed E-state index contributed by atoms with van der Waals surface area (Å²) in [5.41, 5.74) is 10.7. The van der Waals surface area contributed by atoms with Gasteiger partial charge in [0.2, 0.25) is 0 Å². The normalized spacial score (nSPS) is 11.8. The second-order valence-corrected chi connectivity index (χ2v) is 12.1. The molecule has 0 aliphatic heterocycles. The van der Waals surface area contributed by atoms with Gasteiger partial charge in [-0.25, -0.2) is 4.98 Å². The molecule has 0 aliphatic rings. The quantitative estimate of drug-likeness (QED) is 0.233. The van der Waals surface area contributed by atoms with Crippen molar-refractivity contribution in [1.29, 1.82) is 0 Å². The van der Waals surface area contributed by atoms with E-state index in [9.17, 15) is 5.11 Å². The van der Waals surface area contributed by atoms with Crippen LogP contribution in [0.2, 0.25) is 0 Å². The predicted molar refractivity (Wildman–Crippen MR) is 176 cm³/mol. The Morgan fingerprint density at radius 1 is 0.698 bits per heavy atom. The van der Waals surface area contributed by atoms with Gasteiger partial charge in [-0.2, -0.15) is 0 Å². The van der Waals surface area contributed by atoms with Crippen molar-refractivity contribution in [2.75, 3.05) is 0 Å². The molecular formula is C38H32N4O. The standard InChI is InChI=1S/C38H32N4O/c1-24-19-25-9-8-18-40-35(25)32(20-24)26-21-27(23-39-22-26)37-41-36-31(30-10-5-6-13-34(30)43)11-7-12-33(36)42(37)29-16-14-28(15-17-29)38(2,3)4/h5-23,43H,1-4H3. The van der Waals surface area contributed by atoms with Crippen molar-refractivity contribution < 1.29 is 5.11 Å². The third-order valence-electron chi connectivity index (χ3n) is 8.03. The van der Waals surface area contributed by atoms with Gasteiger partial charge in [0.15, 0.2) is 0 Å². The number of fused-ring (bicyclic) bond motifs is 2. The molecule has 43 heavy (non-hydrogen) atoms. The van der Waals surface area contributed by atoms with Crippen LogP contribution in [-0.4, -0.2) is 24.6 Å². The summed E-state index contributed by atoms with van der Waals surface area (Å²) in [5, 5.41) is 11.9. The summed E-state index contributed by atoms with van der Waals surface area (Å²) >= 11 is 0. The molecule has 0 aliphatic carbocycles. The van der Waals surface area contributed by atoms with Crippen LogP contribution in [0.25, 0.3) is 61.3 Å². The van der Waals surface area contributed by atoms with Crippen LogP contribution >= 0.6 is 0 Å². The first kappa shape index (κ1) is 26.6. The highest BCUT2D eigenvalue weighted by atomic mass is 16.3. The Hall–Kier alpha value is -5.29. The summed E-state index contributed by atoms with van der Waals surface area (Å²) in [6.45, 7) is 8.77. The highest BCUT2D eigenvalue weighted by molar-refractivity contribution is 5.98. The number of phenols is 1. The zero-order valence-electron chi connectivity index (χ0n) is 24.7. The molecule has 0 atom stereocenters. The minimum Gasteiger partial charge on any atom is -0.507 e. The van der Waals surface area contributed by atoms with E-state index in [1.165, 1.54) is 11.1 Å². The Balaban J connectivity index is 1.48. The largest absolute Gasteiger partial charge is 0.507 e. The molecule has 3 heterocycles. The fourth-order valence-corrected chi connectivity index (χ4v) is 5.86. The highest BCUT2D eigenvalue weighted by Crippen LogP contribution is 2.38. The summed E-state index contributed by atoms with van der Waals surface area (Å²) in [4.78, 5) is 14.7. The van der Waals surface area contributed by atoms with Crippen LogP contribution in [-0.2, 0) is 5.41 Å². The van der Waals surface area contributed by atoms with Crippen molar-refractivity contribution >= 4 is 21.9 Å². The van der Waals surface area contributed by atoms with E-state index < -0.39 is 0 Å². The van der Waals surface area contributed by atoms with Crippen molar-refractivity contribution in [3.63, 3.8) is 0 Å². The number of hydrogen-bond donors (Lipinski definition) is 1. The maximum absolute atomic E-state index is 10.8. The number of rotatable bonds is 4. The molecule has 0 unspecified atom stereocenters. The van der Waals surface area contributed by atoms with E-state index in [0.29, 0.717) is 0 Å². The van der Waals surface area contributed by atoms with Crippen LogP contribution in [0.4, 0.5) is 0 Å². The molecule has 210 valence electrons. The van der Waals surface area contributed by atoms with E-state index in [-0.39, 0.29) is 11.2 Å². The minimum absolute atomic E-state index is 0.0409. The van der Waals surface area contributed by atoms with Gasteiger partial charge >= 0.3 is 0 Å². The van der Waals surface area contributed by atoms with E-state index in [1.807, 2.05) is 55.0 Å². The lowest BCUT2D eigenvalue weighted by Crippen LogP contribution is -2.11. The Kier molecular flexibility index (Phi) is 6.32. The first-order chi connectivity index (χ1) is 20.8. The second-order valence-electron chi connectivity index (χ2n) is 12.1. The number of aromatic hydroxyl groups is 1. The number of nitrogens with zero attached hydrogens (tertiary/aromatic N) is 4. The molecule has 0 amide bonds. The lowest BCUT2D eigenvalue weighted by Gasteiger charge is -2.19. The smallest absolute Gasteiger partial charge is 0.147 e. The van der Waals surface area contributed by atoms with Crippen LogP contribution in [0, 0.1) is 6.92 Å². The molecule has 0 fully saturated rings. The van der Waals surface area contributed by atoms with Gasteiger partial charge in [0, 0.05) is 57.5 Å². The van der Waals surface area contributed by atoms with E-state index in [1.54, 1.807) is 6.07 Å². The van der Waals surface area contributed by atoms with Crippen molar-refractivity contribution in [3.8, 4) is 45.1 Å². The number of aryl methyl sites for hydroxylation is 1. The highest BCUT2D eigenvalue weighted by Gasteiger charge is 2.21. The molecule has 0 spiro atoms. The van der Waals surface area contributed by atoms with E-state index in [0.717, 1.165) is 61.3 Å². The molecule has 0 saturated heterocycles. The Labute approximate surface area is 251 Å². The van der Waals surface area contributed by atoms with Gasteiger partial charge in [-0.05, 0) is 72.0 Å². The Bertz CT molecular complexity index is 2140. The van der Waals surface area contributed by atoms with E-state index in [2.05, 4.69) is 86.9 Å². The average Bonchev–Trinajstić information content (AvgIpc) is 3.41. The Morgan fingerprint density at radius 2 is 1.47 bits per heavy atom. The molecule has 3 aromatic heterocycles. The Morgan fingerprint density at radius 3 is 2.26 bits per heavy atom. The molecular weight excluding hydrogens is 528 g/mol. The lowest BCUT2D eigenvalue weighted by atomic mass is 9.87. The molecule has 0 radical (unpaired) electrons. The number of hydrogen-bond acceptors (Lipinski definition) is 4. The molecule has 5 nitrogen and oxygen atoms in total. The number of aromatic nitrogens is 4. The first-order valence-electron chi connectivity index (χ1n) is 14.5.